The summed E-state index contributed by atoms with van der Waals surface area (Å²) in [6.45, 7) is 4.03. The normalized spacial score (nSPS) is 18.4. The van der Waals surface area contributed by atoms with Crippen molar-refractivity contribution in [3.8, 4) is 0 Å². The average Bonchev–Trinajstić information content (AvgIpc) is 3.27. The van der Waals surface area contributed by atoms with E-state index in [2.05, 4.69) is 55.1 Å². The summed E-state index contributed by atoms with van der Waals surface area (Å²) in [6, 6.07) is 10.8. The Bertz CT molecular complexity index is 606. The second-order valence-corrected chi connectivity index (χ2v) is 5.97. The molecule has 1 saturated heterocycles. The van der Waals surface area contributed by atoms with Crippen LogP contribution in [0.3, 0.4) is 0 Å². The van der Waals surface area contributed by atoms with Crippen molar-refractivity contribution in [2.75, 3.05) is 26.7 Å². The van der Waals surface area contributed by atoms with Crippen LogP contribution in [-0.4, -0.2) is 47.1 Å². The van der Waals surface area contributed by atoms with E-state index in [0.29, 0.717) is 5.92 Å². The smallest absolute Gasteiger partial charge is 0.193 e. The van der Waals surface area contributed by atoms with Crippen LogP contribution in [0.25, 0.3) is 0 Å². The van der Waals surface area contributed by atoms with Crippen molar-refractivity contribution in [2.45, 2.75) is 25.3 Å². The van der Waals surface area contributed by atoms with Crippen molar-refractivity contribution in [1.29, 1.82) is 0 Å². The Kier molecular flexibility index (Phi) is 5.29. The van der Waals surface area contributed by atoms with E-state index >= 15 is 0 Å². The van der Waals surface area contributed by atoms with Gasteiger partial charge in [0.1, 0.15) is 0 Å². The number of nitrogens with one attached hydrogen (secondary N) is 1. The number of likely N-dealkylation sites (tertiary alicyclic amines) is 1. The van der Waals surface area contributed by atoms with E-state index < -0.39 is 0 Å². The fourth-order valence-electron chi connectivity index (χ4n) is 3.16. The van der Waals surface area contributed by atoms with Crippen molar-refractivity contribution < 1.29 is 0 Å². The molecular weight excluding hydrogens is 286 g/mol. The van der Waals surface area contributed by atoms with Crippen LogP contribution in [0.2, 0.25) is 0 Å². The molecular formula is C18H25N5. The van der Waals surface area contributed by atoms with Crippen LogP contribution in [0.15, 0.2) is 54.0 Å². The number of aliphatic imine (C=N–C) groups is 1. The Morgan fingerprint density at radius 1 is 1.35 bits per heavy atom. The maximum Gasteiger partial charge on any atom is 0.193 e. The van der Waals surface area contributed by atoms with Crippen LogP contribution >= 0.6 is 0 Å². The lowest BCUT2D eigenvalue weighted by molar-refractivity contribution is 0.482. The van der Waals surface area contributed by atoms with Crippen LogP contribution in [0.1, 0.15) is 24.3 Å². The van der Waals surface area contributed by atoms with E-state index in [-0.39, 0.29) is 0 Å². The first-order valence-corrected chi connectivity index (χ1v) is 8.33. The van der Waals surface area contributed by atoms with E-state index in [9.17, 15) is 0 Å². The summed E-state index contributed by atoms with van der Waals surface area (Å²) in [6.07, 6.45) is 7.94. The quantitative estimate of drug-likeness (QED) is 0.524. The minimum absolute atomic E-state index is 0.612. The molecule has 1 N–H and O–H groups in total. The number of hydrogen-bond acceptors (Lipinski definition) is 2. The van der Waals surface area contributed by atoms with Crippen LogP contribution in [0.4, 0.5) is 0 Å². The topological polar surface area (TPSA) is 45.5 Å². The molecule has 0 radical (unpaired) electrons. The minimum atomic E-state index is 0.612. The van der Waals surface area contributed by atoms with Crippen molar-refractivity contribution in [1.82, 2.24) is 19.8 Å². The number of aromatic nitrogens is 2. The van der Waals surface area contributed by atoms with Crippen molar-refractivity contribution in [2.24, 2.45) is 4.99 Å². The lowest BCUT2D eigenvalue weighted by atomic mass is 9.99. The van der Waals surface area contributed by atoms with E-state index in [1.807, 2.05) is 25.8 Å². The number of guanidine groups is 1. The van der Waals surface area contributed by atoms with Crippen LogP contribution < -0.4 is 5.32 Å². The van der Waals surface area contributed by atoms with Gasteiger partial charge in [-0.3, -0.25) is 4.99 Å². The second kappa shape index (κ2) is 7.81. The SMILES string of the molecule is CN=C(NCCCn1ccnc1)N1CCC(c2ccccc2)C1. The number of aryl methyl sites for hydroxylation is 1. The molecule has 2 heterocycles. The summed E-state index contributed by atoms with van der Waals surface area (Å²) >= 11 is 0. The largest absolute Gasteiger partial charge is 0.356 e. The van der Waals surface area contributed by atoms with Gasteiger partial charge in [0.05, 0.1) is 6.33 Å². The third-order valence-electron chi connectivity index (χ3n) is 4.41. The van der Waals surface area contributed by atoms with E-state index in [1.54, 1.807) is 0 Å². The number of rotatable bonds is 5. The van der Waals surface area contributed by atoms with Crippen molar-refractivity contribution in [3.05, 3.63) is 54.6 Å². The molecule has 5 heteroatoms. The Morgan fingerprint density at radius 3 is 2.96 bits per heavy atom. The van der Waals surface area contributed by atoms with Gasteiger partial charge >= 0.3 is 0 Å². The zero-order chi connectivity index (χ0) is 15.9. The highest BCUT2D eigenvalue weighted by Crippen LogP contribution is 2.26. The molecule has 1 aromatic carbocycles. The van der Waals surface area contributed by atoms with Gasteiger partial charge in [0, 0.05) is 51.5 Å². The molecule has 1 aliphatic heterocycles. The molecule has 0 bridgehead atoms. The van der Waals surface area contributed by atoms with Crippen molar-refractivity contribution in [3.63, 3.8) is 0 Å². The van der Waals surface area contributed by atoms with Gasteiger partial charge in [0.15, 0.2) is 5.96 Å². The summed E-state index contributed by atoms with van der Waals surface area (Å²) in [4.78, 5) is 10.9. The van der Waals surface area contributed by atoms with Gasteiger partial charge < -0.3 is 14.8 Å². The fourth-order valence-corrected chi connectivity index (χ4v) is 3.16. The summed E-state index contributed by atoms with van der Waals surface area (Å²) in [5.74, 6) is 1.63. The molecule has 1 fully saturated rings. The molecule has 1 unspecified atom stereocenters. The molecule has 23 heavy (non-hydrogen) atoms. The zero-order valence-corrected chi connectivity index (χ0v) is 13.7. The lowest BCUT2D eigenvalue weighted by Gasteiger charge is -2.22. The summed E-state index contributed by atoms with van der Waals surface area (Å²) in [5.41, 5.74) is 1.44. The van der Waals surface area contributed by atoms with Crippen molar-refractivity contribution >= 4 is 5.96 Å². The van der Waals surface area contributed by atoms with Crippen LogP contribution in [0.5, 0.6) is 0 Å². The van der Waals surface area contributed by atoms with Gasteiger partial charge in [-0.2, -0.15) is 0 Å². The molecule has 0 saturated carbocycles. The number of imidazole rings is 1. The first kappa shape index (κ1) is 15.6. The first-order chi connectivity index (χ1) is 11.4. The van der Waals surface area contributed by atoms with E-state index in [0.717, 1.165) is 38.6 Å². The van der Waals surface area contributed by atoms with Gasteiger partial charge in [0.2, 0.25) is 0 Å². The van der Waals surface area contributed by atoms with Crippen LogP contribution in [0, 0.1) is 0 Å². The predicted molar refractivity (Wildman–Crippen MR) is 93.6 cm³/mol. The molecule has 1 aromatic heterocycles. The highest BCUT2D eigenvalue weighted by molar-refractivity contribution is 5.80. The molecule has 0 amide bonds. The molecule has 122 valence electrons. The highest BCUT2D eigenvalue weighted by Gasteiger charge is 2.25. The van der Waals surface area contributed by atoms with Gasteiger partial charge in [-0.15, -0.1) is 0 Å². The first-order valence-electron chi connectivity index (χ1n) is 8.33. The van der Waals surface area contributed by atoms with Crippen LogP contribution in [-0.2, 0) is 6.54 Å². The van der Waals surface area contributed by atoms with Gasteiger partial charge in [-0.25, -0.2) is 4.98 Å². The minimum Gasteiger partial charge on any atom is -0.356 e. The molecule has 2 aromatic rings. The fraction of sp³-hybridized carbons (Fsp3) is 0.444. The summed E-state index contributed by atoms with van der Waals surface area (Å²) < 4.78 is 2.10. The molecule has 3 rings (SSSR count). The Balaban J connectivity index is 1.46. The Hall–Kier alpha value is -2.30. The summed E-state index contributed by atoms with van der Waals surface area (Å²) in [7, 11) is 1.87. The van der Waals surface area contributed by atoms with Gasteiger partial charge in [0.25, 0.3) is 0 Å². The Morgan fingerprint density at radius 2 is 2.22 bits per heavy atom. The third kappa shape index (κ3) is 4.12. The second-order valence-electron chi connectivity index (χ2n) is 5.97. The van der Waals surface area contributed by atoms with E-state index in [4.69, 9.17) is 0 Å². The Labute approximate surface area is 138 Å². The van der Waals surface area contributed by atoms with E-state index in [1.165, 1.54) is 12.0 Å². The van der Waals surface area contributed by atoms with Gasteiger partial charge in [-0.1, -0.05) is 30.3 Å². The number of hydrogen-bond donors (Lipinski definition) is 1. The highest BCUT2D eigenvalue weighted by atomic mass is 15.3. The zero-order valence-electron chi connectivity index (χ0n) is 13.7. The monoisotopic (exact) mass is 311 g/mol. The van der Waals surface area contributed by atoms with Gasteiger partial charge in [-0.05, 0) is 18.4 Å². The molecule has 0 aliphatic carbocycles. The standard InChI is InChI=1S/C18H25N5/c1-19-18(21-9-5-11-22-13-10-20-15-22)23-12-8-17(14-23)16-6-3-2-4-7-16/h2-4,6-7,10,13,15,17H,5,8-9,11-12,14H2,1H3,(H,19,21). The predicted octanol–water partition coefficient (Wildman–Crippen LogP) is 2.34. The third-order valence-corrected chi connectivity index (χ3v) is 4.41. The maximum atomic E-state index is 4.45. The average molecular weight is 311 g/mol. The number of nitrogens with zero attached hydrogens (tertiary/aromatic N) is 4. The molecule has 1 atom stereocenters. The lowest BCUT2D eigenvalue weighted by Crippen LogP contribution is -2.40. The maximum absolute atomic E-state index is 4.45. The number of benzene rings is 1. The molecule has 5 nitrogen and oxygen atoms in total. The summed E-state index contributed by atoms with van der Waals surface area (Å²) in [5, 5.41) is 3.49. The molecule has 0 spiro atoms. The molecule has 1 aliphatic rings.